The van der Waals surface area contributed by atoms with Crippen molar-refractivity contribution in [3.05, 3.63) is 41.6 Å². The lowest BCUT2D eigenvalue weighted by molar-refractivity contribution is 0.345. The molecule has 0 bridgehead atoms. The van der Waals surface area contributed by atoms with E-state index < -0.39 is 0 Å². The number of ether oxygens (including phenoxy) is 1. The van der Waals surface area contributed by atoms with E-state index in [2.05, 4.69) is 14.9 Å². The van der Waals surface area contributed by atoms with Crippen LogP contribution in [0, 0.1) is 0 Å². The van der Waals surface area contributed by atoms with Crippen LogP contribution in [0.3, 0.4) is 0 Å². The summed E-state index contributed by atoms with van der Waals surface area (Å²) >= 11 is 0. The summed E-state index contributed by atoms with van der Waals surface area (Å²) in [7, 11) is 3.67. The van der Waals surface area contributed by atoms with Crippen molar-refractivity contribution in [2.45, 2.75) is 31.3 Å². The summed E-state index contributed by atoms with van der Waals surface area (Å²) in [6.45, 7) is 0.685. The van der Waals surface area contributed by atoms with Crippen LogP contribution in [0.15, 0.2) is 30.3 Å². The third kappa shape index (κ3) is 4.87. The zero-order valence-corrected chi connectivity index (χ0v) is 16.0. The normalized spacial score (nSPS) is 18.4. The second-order valence-electron chi connectivity index (χ2n) is 6.11. The molecule has 138 valence electrons. The summed E-state index contributed by atoms with van der Waals surface area (Å²) in [5.74, 6) is 2.39. The Kier molecular flexibility index (Phi) is 7.73. The minimum absolute atomic E-state index is 0. The molecule has 1 aliphatic rings. The maximum atomic E-state index is 5.89. The van der Waals surface area contributed by atoms with E-state index in [1.807, 2.05) is 37.4 Å². The second-order valence-corrected chi connectivity index (χ2v) is 6.11. The summed E-state index contributed by atoms with van der Waals surface area (Å²) in [6, 6.07) is 10.3. The molecule has 4 N–H and O–H groups in total. The zero-order valence-electron chi connectivity index (χ0n) is 14.4. The van der Waals surface area contributed by atoms with Crippen LogP contribution in [0.25, 0.3) is 0 Å². The number of halogens is 2. The van der Waals surface area contributed by atoms with Crippen molar-refractivity contribution in [1.29, 1.82) is 0 Å². The van der Waals surface area contributed by atoms with Crippen LogP contribution < -0.4 is 21.1 Å². The Bertz CT molecular complexity index is 694. The van der Waals surface area contributed by atoms with Crippen LogP contribution in [0.1, 0.15) is 30.0 Å². The highest BCUT2D eigenvalue weighted by Crippen LogP contribution is 2.36. The van der Waals surface area contributed by atoms with E-state index in [0.29, 0.717) is 18.4 Å². The number of rotatable bonds is 5. The fraction of sp³-hybridized carbons (Fsp3) is 0.412. The number of aromatic nitrogens is 2. The van der Waals surface area contributed by atoms with Crippen molar-refractivity contribution in [2.75, 3.05) is 24.8 Å². The smallest absolute Gasteiger partial charge is 0.222 e. The Morgan fingerprint density at radius 3 is 2.52 bits per heavy atom. The van der Waals surface area contributed by atoms with E-state index in [1.54, 1.807) is 7.11 Å². The summed E-state index contributed by atoms with van der Waals surface area (Å²) in [5, 5.41) is 0. The molecule has 3 rings (SSSR count). The molecule has 0 radical (unpaired) electrons. The van der Waals surface area contributed by atoms with Crippen LogP contribution in [0.5, 0.6) is 5.75 Å². The van der Waals surface area contributed by atoms with Gasteiger partial charge in [-0.25, -0.2) is 4.98 Å². The van der Waals surface area contributed by atoms with Crippen LogP contribution in [-0.2, 0) is 6.54 Å². The number of nitrogens with zero attached hydrogens (tertiary/aromatic N) is 3. The predicted molar refractivity (Wildman–Crippen MR) is 106 cm³/mol. The molecule has 1 aromatic heterocycles. The van der Waals surface area contributed by atoms with Gasteiger partial charge in [-0.15, -0.1) is 24.8 Å². The summed E-state index contributed by atoms with van der Waals surface area (Å²) in [6.07, 6.45) is 1.93. The van der Waals surface area contributed by atoms with Crippen molar-refractivity contribution in [3.63, 3.8) is 0 Å². The Balaban J connectivity index is 0.00000156. The zero-order chi connectivity index (χ0) is 16.4. The molecule has 0 aliphatic heterocycles. The van der Waals surface area contributed by atoms with E-state index in [9.17, 15) is 0 Å². The molecule has 0 amide bonds. The van der Waals surface area contributed by atoms with Crippen molar-refractivity contribution < 1.29 is 4.74 Å². The maximum absolute atomic E-state index is 5.89. The van der Waals surface area contributed by atoms with Gasteiger partial charge in [-0.05, 0) is 18.9 Å². The van der Waals surface area contributed by atoms with Gasteiger partial charge in [0, 0.05) is 37.2 Å². The number of para-hydroxylation sites is 1. The number of anilines is 2. The number of benzene rings is 1. The van der Waals surface area contributed by atoms with Crippen molar-refractivity contribution in [3.8, 4) is 5.75 Å². The highest BCUT2D eigenvalue weighted by molar-refractivity contribution is 5.85. The summed E-state index contributed by atoms with van der Waals surface area (Å²) < 4.78 is 5.41. The number of methoxy groups -OCH3 is 1. The quantitative estimate of drug-likeness (QED) is 0.821. The maximum Gasteiger partial charge on any atom is 0.222 e. The average molecular weight is 386 g/mol. The highest BCUT2D eigenvalue weighted by Gasteiger charge is 2.29. The standard InChI is InChI=1S/C17H23N5O.2ClH/c1-22(10-11-5-3-4-6-15(11)23-2)16-9-14(20-17(19)21-16)12-7-13(18)8-12;;/h3-6,9,12-13H,7-8,10,18H2,1-2H3,(H2,19,20,21);2*1H. The van der Waals surface area contributed by atoms with Gasteiger partial charge in [-0.1, -0.05) is 18.2 Å². The van der Waals surface area contributed by atoms with E-state index >= 15 is 0 Å². The van der Waals surface area contributed by atoms with Crippen LogP contribution in [0.2, 0.25) is 0 Å². The lowest BCUT2D eigenvalue weighted by Gasteiger charge is -2.32. The molecular formula is C17H25Cl2N5O. The summed E-state index contributed by atoms with van der Waals surface area (Å²) in [4.78, 5) is 10.8. The highest BCUT2D eigenvalue weighted by atomic mass is 35.5. The van der Waals surface area contributed by atoms with E-state index in [1.165, 1.54) is 0 Å². The lowest BCUT2D eigenvalue weighted by Crippen LogP contribution is -2.35. The van der Waals surface area contributed by atoms with Crippen LogP contribution >= 0.6 is 24.8 Å². The van der Waals surface area contributed by atoms with Crippen LogP contribution in [0.4, 0.5) is 11.8 Å². The SMILES string of the molecule is COc1ccccc1CN(C)c1cc(C2CC(N)C2)nc(N)n1.Cl.Cl. The molecule has 1 heterocycles. The first-order valence-corrected chi connectivity index (χ1v) is 7.80. The van der Waals surface area contributed by atoms with Gasteiger partial charge in [-0.3, -0.25) is 0 Å². The van der Waals surface area contributed by atoms with Crippen molar-refractivity contribution in [1.82, 2.24) is 9.97 Å². The predicted octanol–water partition coefficient (Wildman–Crippen LogP) is 2.75. The Morgan fingerprint density at radius 1 is 1.20 bits per heavy atom. The fourth-order valence-corrected chi connectivity index (χ4v) is 2.95. The molecule has 0 saturated heterocycles. The molecule has 2 aromatic rings. The van der Waals surface area contributed by atoms with E-state index in [4.69, 9.17) is 16.2 Å². The van der Waals surface area contributed by atoms with Gasteiger partial charge in [0.05, 0.1) is 12.8 Å². The topological polar surface area (TPSA) is 90.3 Å². The molecule has 0 atom stereocenters. The third-order valence-corrected chi connectivity index (χ3v) is 4.33. The first-order chi connectivity index (χ1) is 11.1. The monoisotopic (exact) mass is 385 g/mol. The number of hydrogen-bond donors (Lipinski definition) is 2. The van der Waals surface area contributed by atoms with Gasteiger partial charge >= 0.3 is 0 Å². The van der Waals surface area contributed by atoms with Crippen LogP contribution in [-0.4, -0.2) is 30.2 Å². The van der Waals surface area contributed by atoms with Gasteiger partial charge in [0.2, 0.25) is 5.95 Å². The number of nitrogens with two attached hydrogens (primary N) is 2. The van der Waals surface area contributed by atoms with Gasteiger partial charge in [0.1, 0.15) is 11.6 Å². The molecule has 0 spiro atoms. The minimum Gasteiger partial charge on any atom is -0.496 e. The Hall–Kier alpha value is -1.76. The first-order valence-electron chi connectivity index (χ1n) is 7.80. The van der Waals surface area contributed by atoms with Gasteiger partial charge < -0.3 is 21.1 Å². The number of nitrogen functional groups attached to an aromatic ring is 1. The van der Waals surface area contributed by atoms with Gasteiger partial charge in [0.15, 0.2) is 0 Å². The Morgan fingerprint density at radius 2 is 1.88 bits per heavy atom. The molecule has 1 fully saturated rings. The molecule has 8 heteroatoms. The Labute approximate surface area is 160 Å². The van der Waals surface area contributed by atoms with E-state index in [-0.39, 0.29) is 30.9 Å². The molecule has 0 unspecified atom stereocenters. The molecule has 1 aromatic carbocycles. The number of hydrogen-bond acceptors (Lipinski definition) is 6. The average Bonchev–Trinajstić information content (AvgIpc) is 2.51. The van der Waals surface area contributed by atoms with Gasteiger partial charge in [0.25, 0.3) is 0 Å². The molecule has 25 heavy (non-hydrogen) atoms. The third-order valence-electron chi connectivity index (χ3n) is 4.33. The van der Waals surface area contributed by atoms with Crippen molar-refractivity contribution in [2.24, 2.45) is 5.73 Å². The second kappa shape index (κ2) is 9.08. The first kappa shape index (κ1) is 21.3. The fourth-order valence-electron chi connectivity index (χ4n) is 2.95. The van der Waals surface area contributed by atoms with Crippen molar-refractivity contribution >= 4 is 36.6 Å². The summed E-state index contributed by atoms with van der Waals surface area (Å²) in [5.41, 5.74) is 13.9. The molecule has 6 nitrogen and oxygen atoms in total. The van der Waals surface area contributed by atoms with E-state index in [0.717, 1.165) is 35.7 Å². The lowest BCUT2D eigenvalue weighted by atomic mass is 9.78. The minimum atomic E-state index is 0. The molecule has 1 aliphatic carbocycles. The van der Waals surface area contributed by atoms with Gasteiger partial charge in [-0.2, -0.15) is 4.98 Å². The largest absolute Gasteiger partial charge is 0.496 e. The molecular weight excluding hydrogens is 361 g/mol. The molecule has 1 saturated carbocycles.